The molecule has 6 nitrogen and oxygen atoms in total. The Labute approximate surface area is 144 Å². The lowest BCUT2D eigenvalue weighted by Gasteiger charge is -2.07. The van der Waals surface area contributed by atoms with Gasteiger partial charge in [0, 0.05) is 28.4 Å². The fraction of sp³-hybridized carbons (Fsp3) is 0.0526. The molecule has 0 aliphatic carbocycles. The van der Waals surface area contributed by atoms with Gasteiger partial charge in [0.2, 0.25) is 0 Å². The molecule has 0 aliphatic rings. The van der Waals surface area contributed by atoms with Crippen LogP contribution in [0.5, 0.6) is 0 Å². The second-order valence-corrected chi connectivity index (χ2v) is 5.70. The summed E-state index contributed by atoms with van der Waals surface area (Å²) in [4.78, 5) is 20.2. The molecule has 2 N–H and O–H groups in total. The van der Waals surface area contributed by atoms with Crippen molar-refractivity contribution in [3.8, 4) is 11.4 Å². The maximum Gasteiger partial charge on any atom is 0.161 e. The van der Waals surface area contributed by atoms with Crippen LogP contribution in [0.1, 0.15) is 17.3 Å². The third-order valence-corrected chi connectivity index (χ3v) is 3.92. The summed E-state index contributed by atoms with van der Waals surface area (Å²) in [6.45, 7) is 1.55. The molecule has 2 aromatic carbocycles. The van der Waals surface area contributed by atoms with Crippen molar-refractivity contribution in [1.82, 2.24) is 20.2 Å². The van der Waals surface area contributed by atoms with Gasteiger partial charge in [0.05, 0.1) is 11.7 Å². The summed E-state index contributed by atoms with van der Waals surface area (Å²) in [5.74, 6) is 1.34. The Morgan fingerprint density at radius 2 is 1.92 bits per heavy atom. The Balaban J connectivity index is 1.61. The minimum absolute atomic E-state index is 0.0394. The number of Topliss-reactive ketones (excluding diaryl/α,β-unsaturated/α-hetero) is 1. The van der Waals surface area contributed by atoms with Gasteiger partial charge in [-0.25, -0.2) is 9.97 Å². The van der Waals surface area contributed by atoms with Crippen LogP contribution in [0.2, 0.25) is 0 Å². The van der Waals surface area contributed by atoms with E-state index in [-0.39, 0.29) is 5.78 Å². The molecule has 0 fully saturated rings. The number of hydrogen-bond acceptors (Lipinski definition) is 5. The number of carbonyl (C=O) groups is 1. The Hall–Kier alpha value is -3.54. The summed E-state index contributed by atoms with van der Waals surface area (Å²) >= 11 is 0. The number of ketones is 1. The highest BCUT2D eigenvalue weighted by molar-refractivity contribution is 5.94. The third-order valence-electron chi connectivity index (χ3n) is 3.92. The third kappa shape index (κ3) is 3.10. The molecule has 2 aromatic heterocycles. The monoisotopic (exact) mass is 329 g/mol. The van der Waals surface area contributed by atoms with Gasteiger partial charge in [-0.05, 0) is 31.2 Å². The predicted octanol–water partition coefficient (Wildman–Crippen LogP) is 3.97. The highest BCUT2D eigenvalue weighted by Gasteiger charge is 2.06. The number of rotatable bonds is 4. The van der Waals surface area contributed by atoms with Crippen molar-refractivity contribution >= 4 is 28.2 Å². The summed E-state index contributed by atoms with van der Waals surface area (Å²) in [5, 5.41) is 11.3. The van der Waals surface area contributed by atoms with Gasteiger partial charge in [-0.1, -0.05) is 24.3 Å². The van der Waals surface area contributed by atoms with E-state index < -0.39 is 0 Å². The zero-order valence-corrected chi connectivity index (χ0v) is 13.5. The number of benzene rings is 2. The van der Waals surface area contributed by atoms with Gasteiger partial charge in [0.1, 0.15) is 5.82 Å². The van der Waals surface area contributed by atoms with Crippen molar-refractivity contribution in [2.24, 2.45) is 0 Å². The first-order chi connectivity index (χ1) is 12.2. The molecule has 0 radical (unpaired) electrons. The van der Waals surface area contributed by atoms with E-state index in [1.165, 1.54) is 0 Å². The molecule has 0 saturated heterocycles. The van der Waals surface area contributed by atoms with Crippen LogP contribution < -0.4 is 5.32 Å². The van der Waals surface area contributed by atoms with Crippen LogP contribution in [0.3, 0.4) is 0 Å². The summed E-state index contributed by atoms with van der Waals surface area (Å²) in [6.07, 6.45) is 3.49. The molecule has 6 heteroatoms. The van der Waals surface area contributed by atoms with Gasteiger partial charge < -0.3 is 5.32 Å². The zero-order chi connectivity index (χ0) is 17.2. The number of aromatic amines is 1. The van der Waals surface area contributed by atoms with Crippen molar-refractivity contribution in [1.29, 1.82) is 0 Å². The van der Waals surface area contributed by atoms with Crippen molar-refractivity contribution in [2.45, 2.75) is 6.92 Å². The lowest BCUT2D eigenvalue weighted by Crippen LogP contribution is -1.97. The number of aromatic nitrogens is 4. The topological polar surface area (TPSA) is 83.6 Å². The Kier molecular flexibility index (Phi) is 3.70. The van der Waals surface area contributed by atoms with Crippen LogP contribution in [0.4, 0.5) is 11.5 Å². The van der Waals surface area contributed by atoms with Gasteiger partial charge in [-0.15, -0.1) is 0 Å². The molecule has 0 bridgehead atoms. The van der Waals surface area contributed by atoms with Gasteiger partial charge >= 0.3 is 0 Å². The van der Waals surface area contributed by atoms with Gasteiger partial charge in [0.25, 0.3) is 0 Å². The van der Waals surface area contributed by atoms with Crippen molar-refractivity contribution in [2.75, 3.05) is 5.32 Å². The molecule has 4 aromatic rings. The van der Waals surface area contributed by atoms with E-state index in [1.54, 1.807) is 31.5 Å². The molecular weight excluding hydrogens is 314 g/mol. The van der Waals surface area contributed by atoms with Crippen LogP contribution in [-0.4, -0.2) is 25.9 Å². The molecule has 122 valence electrons. The average Bonchev–Trinajstić information content (AvgIpc) is 3.10. The standard InChI is InChI=1S/C19H15N5O/c1-12(25)13-2-4-14(5-3-13)19-20-9-8-18(23-19)22-16-6-7-17-15(10-16)11-21-24-17/h2-11H,1H3,(H,21,24)(H,20,22,23). The molecule has 4 rings (SSSR count). The number of anilines is 2. The Morgan fingerprint density at radius 3 is 2.72 bits per heavy atom. The molecular formula is C19H15N5O. The maximum absolute atomic E-state index is 11.4. The van der Waals surface area contributed by atoms with Gasteiger partial charge in [-0.3, -0.25) is 9.89 Å². The fourth-order valence-corrected chi connectivity index (χ4v) is 2.59. The van der Waals surface area contributed by atoms with Crippen LogP contribution in [0.25, 0.3) is 22.3 Å². The van der Waals surface area contributed by atoms with E-state index in [9.17, 15) is 4.79 Å². The molecule has 0 aliphatic heterocycles. The Bertz CT molecular complexity index is 1050. The lowest BCUT2D eigenvalue weighted by atomic mass is 10.1. The average molecular weight is 329 g/mol. The first-order valence-electron chi connectivity index (χ1n) is 7.84. The molecule has 0 unspecified atom stereocenters. The number of fused-ring (bicyclic) bond motifs is 1. The van der Waals surface area contributed by atoms with E-state index in [4.69, 9.17) is 0 Å². The number of nitrogens with one attached hydrogen (secondary N) is 2. The molecule has 25 heavy (non-hydrogen) atoms. The van der Waals surface area contributed by atoms with Crippen LogP contribution in [0, 0.1) is 0 Å². The van der Waals surface area contributed by atoms with Crippen molar-refractivity contribution in [3.63, 3.8) is 0 Å². The van der Waals surface area contributed by atoms with Crippen LogP contribution in [0.15, 0.2) is 60.9 Å². The number of carbonyl (C=O) groups excluding carboxylic acids is 1. The molecule has 0 atom stereocenters. The van der Waals surface area contributed by atoms with Gasteiger partial charge in [-0.2, -0.15) is 5.10 Å². The van der Waals surface area contributed by atoms with Crippen molar-refractivity contribution in [3.05, 3.63) is 66.5 Å². The number of hydrogen-bond donors (Lipinski definition) is 2. The summed E-state index contributed by atoms with van der Waals surface area (Å²) in [7, 11) is 0. The zero-order valence-electron chi connectivity index (χ0n) is 13.5. The van der Waals surface area contributed by atoms with E-state index in [2.05, 4.69) is 25.5 Å². The van der Waals surface area contributed by atoms with Crippen molar-refractivity contribution < 1.29 is 4.79 Å². The van der Waals surface area contributed by atoms with Crippen LogP contribution in [-0.2, 0) is 0 Å². The SMILES string of the molecule is CC(=O)c1ccc(-c2nccc(Nc3ccc4[nH]ncc4c3)n2)cc1. The van der Waals surface area contributed by atoms with E-state index in [0.29, 0.717) is 17.2 Å². The summed E-state index contributed by atoms with van der Waals surface area (Å²) < 4.78 is 0. The fourth-order valence-electron chi connectivity index (χ4n) is 2.59. The maximum atomic E-state index is 11.4. The summed E-state index contributed by atoms with van der Waals surface area (Å²) in [6, 6.07) is 15.0. The number of nitrogens with zero attached hydrogens (tertiary/aromatic N) is 3. The summed E-state index contributed by atoms with van der Waals surface area (Å²) in [5.41, 5.74) is 3.44. The lowest BCUT2D eigenvalue weighted by molar-refractivity contribution is 0.101. The second kappa shape index (κ2) is 6.16. The van der Waals surface area contributed by atoms with Crippen LogP contribution >= 0.6 is 0 Å². The number of H-pyrrole nitrogens is 1. The highest BCUT2D eigenvalue weighted by Crippen LogP contribution is 2.22. The van der Waals surface area contributed by atoms with Gasteiger partial charge in [0.15, 0.2) is 11.6 Å². The van der Waals surface area contributed by atoms with E-state index in [1.807, 2.05) is 36.4 Å². The highest BCUT2D eigenvalue weighted by atomic mass is 16.1. The quantitative estimate of drug-likeness (QED) is 0.554. The Morgan fingerprint density at radius 1 is 1.08 bits per heavy atom. The normalized spacial score (nSPS) is 10.8. The second-order valence-electron chi connectivity index (χ2n) is 5.70. The minimum atomic E-state index is 0.0394. The first kappa shape index (κ1) is 15.0. The molecule has 2 heterocycles. The van der Waals surface area contributed by atoms with E-state index in [0.717, 1.165) is 22.2 Å². The first-order valence-corrected chi connectivity index (χ1v) is 7.84. The van der Waals surface area contributed by atoms with E-state index >= 15 is 0 Å². The largest absolute Gasteiger partial charge is 0.340 e. The molecule has 0 spiro atoms. The molecule has 0 amide bonds. The predicted molar refractivity (Wildman–Crippen MR) is 96.8 cm³/mol. The smallest absolute Gasteiger partial charge is 0.161 e. The molecule has 0 saturated carbocycles. The minimum Gasteiger partial charge on any atom is -0.340 e.